The Labute approximate surface area is 84.8 Å². The first kappa shape index (κ1) is 8.91. The van der Waals surface area contributed by atoms with E-state index in [2.05, 4.69) is 9.24 Å². The summed E-state index contributed by atoms with van der Waals surface area (Å²) < 4.78 is 0. The summed E-state index contributed by atoms with van der Waals surface area (Å²) in [6.45, 7) is 0. The van der Waals surface area contributed by atoms with Crippen molar-refractivity contribution in [1.82, 2.24) is 0 Å². The molecule has 1 rings (SSSR count). The first-order valence-electron chi connectivity index (χ1n) is 2.20. The van der Waals surface area contributed by atoms with Crippen LogP contribution in [0, 0.1) is 0 Å². The minimum Gasteiger partial charge on any atom is -1.00 e. The molecule has 0 nitrogen and oxygen atoms in total. The van der Waals surface area contributed by atoms with Gasteiger partial charge in [-0.1, -0.05) is 30.3 Å². The van der Waals surface area contributed by atoms with E-state index in [4.69, 9.17) is 0 Å². The van der Waals surface area contributed by atoms with Crippen molar-refractivity contribution >= 4 is 52.3 Å². The van der Waals surface area contributed by atoms with E-state index < -0.39 is 0 Å². The van der Waals surface area contributed by atoms with Gasteiger partial charge in [-0.3, -0.25) is 0 Å². The van der Waals surface area contributed by atoms with Crippen LogP contribution >= 0.6 is 9.24 Å². The maximum absolute atomic E-state index is 2.63. The van der Waals surface area contributed by atoms with Crippen molar-refractivity contribution in [1.29, 1.82) is 0 Å². The molecule has 40 valence electrons. The van der Waals surface area contributed by atoms with Gasteiger partial charge >= 0.3 is 37.7 Å². The van der Waals surface area contributed by atoms with Crippen LogP contribution in [0.3, 0.4) is 0 Å². The Bertz CT molecular complexity index is 146. The first-order chi connectivity index (χ1) is 3.39. The molecule has 0 bridgehead atoms. The minimum atomic E-state index is 0. The van der Waals surface area contributed by atoms with Gasteiger partial charge in [-0.2, -0.15) is 0 Å². The summed E-state index contributed by atoms with van der Waals surface area (Å²) in [6.07, 6.45) is 0. The Morgan fingerprint density at radius 2 is 1.62 bits per heavy atom. The zero-order chi connectivity index (χ0) is 5.11. The summed E-state index contributed by atoms with van der Waals surface area (Å²) in [4.78, 5) is 0. The molecule has 1 aromatic carbocycles. The normalized spacial score (nSPS) is 7.62. The van der Waals surface area contributed by atoms with Gasteiger partial charge in [-0.15, -0.1) is 9.24 Å². The van der Waals surface area contributed by atoms with E-state index >= 15 is 0 Å². The predicted molar refractivity (Wildman–Crippen MR) is 43.8 cm³/mol. The summed E-state index contributed by atoms with van der Waals surface area (Å²) in [7, 11) is 2.63. The van der Waals surface area contributed by atoms with E-state index in [1.54, 1.807) is 0 Å². The molecule has 0 saturated heterocycles. The van der Waals surface area contributed by atoms with Gasteiger partial charge in [0, 0.05) is 0 Å². The van der Waals surface area contributed by atoms with Crippen molar-refractivity contribution in [3.05, 3.63) is 30.3 Å². The second-order valence-electron chi connectivity index (χ2n) is 1.41. The van der Waals surface area contributed by atoms with E-state index in [0.29, 0.717) is 0 Å². The van der Waals surface area contributed by atoms with E-state index in [-0.39, 0.29) is 40.6 Å². The van der Waals surface area contributed by atoms with Gasteiger partial charge in [0.05, 0.1) is 0 Å². The molecule has 1 aromatic rings. The van der Waals surface area contributed by atoms with Crippen LogP contribution in [0.15, 0.2) is 30.3 Å². The van der Waals surface area contributed by atoms with Crippen LogP contribution in [0.5, 0.6) is 0 Å². The van der Waals surface area contributed by atoms with Gasteiger partial charge in [0.1, 0.15) is 0 Å². The smallest absolute Gasteiger partial charge is 1.00 e. The first-order valence-corrected chi connectivity index (χ1v) is 2.78. The summed E-state index contributed by atoms with van der Waals surface area (Å²) in [6, 6.07) is 10.1. The molecular weight excluding hydrogens is 143 g/mol. The van der Waals surface area contributed by atoms with Crippen LogP contribution in [0.4, 0.5) is 0 Å². The van der Waals surface area contributed by atoms with Gasteiger partial charge in [0.25, 0.3) is 0 Å². The zero-order valence-electron chi connectivity index (χ0n) is 6.67. The molecular formula is C6H9CaP. The summed E-state index contributed by atoms with van der Waals surface area (Å²) in [5.74, 6) is 0. The van der Waals surface area contributed by atoms with Crippen molar-refractivity contribution in [3.8, 4) is 0 Å². The van der Waals surface area contributed by atoms with E-state index in [1.165, 1.54) is 5.30 Å². The molecule has 1 unspecified atom stereocenters. The SMILES string of the molecule is Pc1ccccc1.[Ca+2].[H-].[H-]. The Balaban J connectivity index is -0.000000163. The third-order valence-corrected chi connectivity index (χ3v) is 1.18. The number of benzene rings is 1. The molecule has 0 fully saturated rings. The molecule has 0 aliphatic heterocycles. The van der Waals surface area contributed by atoms with Crippen LogP contribution in [-0.2, 0) is 0 Å². The molecule has 0 radical (unpaired) electrons. The van der Waals surface area contributed by atoms with Gasteiger partial charge in [0.2, 0.25) is 0 Å². The predicted octanol–water partition coefficient (Wildman–Crippen LogP) is 1.03. The summed E-state index contributed by atoms with van der Waals surface area (Å²) in [5.41, 5.74) is 0. The van der Waals surface area contributed by atoms with E-state index in [1.807, 2.05) is 30.3 Å². The standard InChI is InChI=1S/C6H7P.Ca.2H/c7-6-4-2-1-3-5-6;;;/h1-5H,7H2;;;/q;+2;2*-1. The van der Waals surface area contributed by atoms with Gasteiger partial charge in [0.15, 0.2) is 0 Å². The average molecular weight is 152 g/mol. The second-order valence-corrected chi connectivity index (χ2v) is 2.08. The fourth-order valence-corrected chi connectivity index (χ4v) is 0.675. The Kier molecular flexibility index (Phi) is 5.30. The minimum absolute atomic E-state index is 0. The van der Waals surface area contributed by atoms with E-state index in [0.717, 1.165) is 0 Å². The summed E-state index contributed by atoms with van der Waals surface area (Å²) >= 11 is 0. The van der Waals surface area contributed by atoms with Crippen LogP contribution < -0.4 is 5.30 Å². The van der Waals surface area contributed by atoms with Crippen LogP contribution in [0.25, 0.3) is 0 Å². The molecule has 8 heavy (non-hydrogen) atoms. The van der Waals surface area contributed by atoms with Crippen LogP contribution in [0.2, 0.25) is 0 Å². The van der Waals surface area contributed by atoms with Crippen LogP contribution in [0.1, 0.15) is 2.85 Å². The van der Waals surface area contributed by atoms with Crippen molar-refractivity contribution in [2.45, 2.75) is 0 Å². The molecule has 0 spiro atoms. The van der Waals surface area contributed by atoms with Crippen molar-refractivity contribution in [2.75, 3.05) is 0 Å². The summed E-state index contributed by atoms with van der Waals surface area (Å²) in [5, 5.41) is 1.24. The average Bonchev–Trinajstić information content (AvgIpc) is 1.69. The topological polar surface area (TPSA) is 0 Å². The Morgan fingerprint density at radius 1 is 1.12 bits per heavy atom. The third kappa shape index (κ3) is 3.04. The van der Waals surface area contributed by atoms with Gasteiger partial charge < -0.3 is 2.85 Å². The maximum atomic E-state index is 2.63. The second kappa shape index (κ2) is 4.76. The molecule has 0 N–H and O–H groups in total. The number of hydrogen-bond donors (Lipinski definition) is 0. The van der Waals surface area contributed by atoms with Crippen molar-refractivity contribution < 1.29 is 2.85 Å². The molecule has 1 atom stereocenters. The van der Waals surface area contributed by atoms with E-state index in [9.17, 15) is 0 Å². The van der Waals surface area contributed by atoms with Gasteiger partial charge in [-0.05, 0) is 5.30 Å². The number of hydrogen-bond acceptors (Lipinski definition) is 0. The molecule has 0 aliphatic carbocycles. The Hall–Kier alpha value is 0.910. The fourth-order valence-electron chi connectivity index (χ4n) is 0.453. The molecule has 0 aliphatic rings. The molecule has 0 amide bonds. The third-order valence-electron chi connectivity index (χ3n) is 0.800. The molecule has 0 saturated carbocycles. The Morgan fingerprint density at radius 3 is 1.88 bits per heavy atom. The zero-order valence-corrected chi connectivity index (χ0v) is 8.03. The van der Waals surface area contributed by atoms with Gasteiger partial charge in [-0.25, -0.2) is 0 Å². The monoisotopic (exact) mass is 152 g/mol. The van der Waals surface area contributed by atoms with Crippen molar-refractivity contribution in [3.63, 3.8) is 0 Å². The molecule has 0 heterocycles. The molecule has 2 heteroatoms. The van der Waals surface area contributed by atoms with Crippen LogP contribution in [-0.4, -0.2) is 37.7 Å². The van der Waals surface area contributed by atoms with Crippen molar-refractivity contribution in [2.24, 2.45) is 0 Å². The molecule has 0 aromatic heterocycles. The maximum Gasteiger partial charge on any atom is 2.00 e. The fraction of sp³-hybridized carbons (Fsp3) is 0. The largest absolute Gasteiger partial charge is 2.00 e. The number of rotatable bonds is 0. The quantitative estimate of drug-likeness (QED) is 0.385.